The van der Waals surface area contributed by atoms with Crippen LogP contribution in [0.1, 0.15) is 45.1 Å². The summed E-state index contributed by atoms with van der Waals surface area (Å²) in [6.45, 7) is 7.01. The first-order valence-electron chi connectivity index (χ1n) is 17.0. The first kappa shape index (κ1) is 32.2. The van der Waals surface area contributed by atoms with Gasteiger partial charge in [0.25, 0.3) is 10.9 Å². The summed E-state index contributed by atoms with van der Waals surface area (Å²) in [5.74, 6) is 1.29. The number of nitrogen functional groups attached to an aromatic ring is 1. The summed E-state index contributed by atoms with van der Waals surface area (Å²) in [4.78, 5) is 40.5. The molecule has 1 saturated carbocycles. The molecule has 0 amide bonds. The third-order valence-corrected chi connectivity index (χ3v) is 9.84. The van der Waals surface area contributed by atoms with Crippen molar-refractivity contribution < 1.29 is 4.74 Å². The molecule has 3 aromatic heterocycles. The van der Waals surface area contributed by atoms with Crippen molar-refractivity contribution in [1.29, 1.82) is 0 Å². The number of nitrogens with two attached hydrogens (primary N) is 1. The van der Waals surface area contributed by atoms with Gasteiger partial charge in [0.15, 0.2) is 17.2 Å². The van der Waals surface area contributed by atoms with E-state index in [0.29, 0.717) is 22.7 Å². The molecule has 0 unspecified atom stereocenters. The fourth-order valence-electron chi connectivity index (χ4n) is 7.37. The summed E-state index contributed by atoms with van der Waals surface area (Å²) in [7, 11) is 1.43. The van der Waals surface area contributed by atoms with Crippen LogP contribution >= 0.6 is 0 Å². The van der Waals surface area contributed by atoms with Gasteiger partial charge in [0.05, 0.1) is 18.4 Å². The Morgan fingerprint density at radius 2 is 1.63 bits per heavy atom. The molecule has 6 aromatic rings. The number of hydrogen-bond acceptors (Lipinski definition) is 9. The topological polar surface area (TPSA) is 128 Å². The summed E-state index contributed by atoms with van der Waals surface area (Å²) in [5.41, 5.74) is 12.4. The maximum atomic E-state index is 12.0. The van der Waals surface area contributed by atoms with Gasteiger partial charge in [-0.15, -0.1) is 0 Å². The van der Waals surface area contributed by atoms with Crippen LogP contribution in [0.3, 0.4) is 0 Å². The zero-order valence-corrected chi connectivity index (χ0v) is 28.1. The van der Waals surface area contributed by atoms with Crippen LogP contribution in [0.25, 0.3) is 39.5 Å². The molecular formula is C39H41N7O3. The van der Waals surface area contributed by atoms with Crippen molar-refractivity contribution in [3.63, 3.8) is 0 Å². The normalized spacial score (nSPS) is 15.9. The summed E-state index contributed by atoms with van der Waals surface area (Å²) >= 11 is 0. The van der Waals surface area contributed by atoms with Gasteiger partial charge in [-0.1, -0.05) is 56.3 Å². The van der Waals surface area contributed by atoms with Gasteiger partial charge in [-0.25, -0.2) is 15.0 Å². The Hall–Kier alpha value is -5.35. The van der Waals surface area contributed by atoms with Gasteiger partial charge in [-0.2, -0.15) is 0 Å². The summed E-state index contributed by atoms with van der Waals surface area (Å²) in [6.07, 6.45) is 5.85. The highest BCUT2D eigenvalue weighted by Gasteiger charge is 2.45. The van der Waals surface area contributed by atoms with Crippen molar-refractivity contribution in [2.45, 2.75) is 52.1 Å². The fraction of sp³-hybridized carbons (Fsp3) is 0.308. The summed E-state index contributed by atoms with van der Waals surface area (Å²) in [5, 5.41) is 3.28. The third kappa shape index (κ3) is 5.97. The van der Waals surface area contributed by atoms with E-state index in [1.165, 1.54) is 12.7 Å². The minimum Gasteiger partial charge on any atom is -0.491 e. The first-order valence-corrected chi connectivity index (χ1v) is 17.0. The number of aromatic nitrogens is 4. The molecule has 0 atom stereocenters. The number of imidazole rings is 1. The molecule has 0 bridgehead atoms. The lowest BCUT2D eigenvalue weighted by Gasteiger charge is -2.54. The molecule has 49 heavy (non-hydrogen) atoms. The lowest BCUT2D eigenvalue weighted by atomic mass is 9.67. The quantitative estimate of drug-likeness (QED) is 0.184. The molecule has 3 N–H and O–H groups in total. The van der Waals surface area contributed by atoms with Crippen LogP contribution in [-0.2, 0) is 6.54 Å². The number of benzene rings is 2. The van der Waals surface area contributed by atoms with Crippen LogP contribution in [0.15, 0.2) is 94.6 Å². The summed E-state index contributed by atoms with van der Waals surface area (Å²) in [6, 6.07) is 26.8. The van der Waals surface area contributed by atoms with Crippen molar-refractivity contribution in [3.05, 3.63) is 111 Å². The maximum absolute atomic E-state index is 12.0. The number of hydrogen-bond donors (Lipinski definition) is 2. The molecule has 250 valence electrons. The third-order valence-electron chi connectivity index (χ3n) is 9.84. The van der Waals surface area contributed by atoms with Gasteiger partial charge < -0.3 is 15.8 Å². The van der Waals surface area contributed by atoms with Gasteiger partial charge in [0, 0.05) is 43.1 Å². The Labute approximate surface area is 285 Å². The highest BCUT2D eigenvalue weighted by atomic mass is 16.5. The van der Waals surface area contributed by atoms with Gasteiger partial charge in [0.1, 0.15) is 17.0 Å². The van der Waals surface area contributed by atoms with E-state index >= 15 is 0 Å². The average Bonchev–Trinajstić information content (AvgIpc) is 3.51. The lowest BCUT2D eigenvalue weighted by Crippen LogP contribution is -2.57. The fourth-order valence-corrected chi connectivity index (χ4v) is 7.37. The van der Waals surface area contributed by atoms with Crippen LogP contribution in [-0.4, -0.2) is 50.7 Å². The number of likely N-dealkylation sites (tertiary alicyclic amines) is 1. The Balaban J connectivity index is 0.00000186. The molecule has 1 aliphatic heterocycles. The van der Waals surface area contributed by atoms with Crippen LogP contribution in [0.4, 0.5) is 11.5 Å². The zero-order valence-electron chi connectivity index (χ0n) is 28.1. The molecule has 8 rings (SSSR count). The smallest absolute Gasteiger partial charge is 0.271 e. The van der Waals surface area contributed by atoms with Gasteiger partial charge in [0.2, 0.25) is 0 Å². The predicted octanol–water partition coefficient (Wildman–Crippen LogP) is 6.22. The van der Waals surface area contributed by atoms with E-state index in [1.54, 1.807) is 6.20 Å². The highest BCUT2D eigenvalue weighted by molar-refractivity contribution is 5.84. The number of rotatable bonds is 8. The van der Waals surface area contributed by atoms with Crippen molar-refractivity contribution in [1.82, 2.24) is 24.4 Å². The van der Waals surface area contributed by atoms with Gasteiger partial charge in [-0.3, -0.25) is 19.1 Å². The number of fused-ring (bicyclic) bond motifs is 1. The highest BCUT2D eigenvalue weighted by Crippen LogP contribution is 2.45. The van der Waals surface area contributed by atoms with Crippen molar-refractivity contribution in [2.75, 3.05) is 31.2 Å². The van der Waals surface area contributed by atoms with Gasteiger partial charge in [-0.05, 0) is 73.1 Å². The number of nitrogens with zero attached hydrogens (tertiary/aromatic N) is 5. The number of nitrogens with one attached hydrogen (secondary N) is 1. The molecular weight excluding hydrogens is 614 g/mol. The minimum atomic E-state index is -0.532. The molecule has 1 aliphatic carbocycles. The Morgan fingerprint density at radius 3 is 2.33 bits per heavy atom. The molecule has 1 spiro atoms. The van der Waals surface area contributed by atoms with E-state index in [1.807, 2.05) is 56.3 Å². The second-order valence-electron chi connectivity index (χ2n) is 12.9. The maximum Gasteiger partial charge on any atom is 0.271 e. The predicted molar refractivity (Wildman–Crippen MR) is 195 cm³/mol. The molecule has 0 radical (unpaired) electrons. The van der Waals surface area contributed by atoms with Crippen LogP contribution in [0.5, 0.6) is 5.75 Å². The number of pyridine rings is 2. The van der Waals surface area contributed by atoms with Crippen LogP contribution in [0.2, 0.25) is 0 Å². The molecule has 2 fully saturated rings. The second kappa shape index (κ2) is 13.3. The van der Waals surface area contributed by atoms with Crippen molar-refractivity contribution in [3.8, 4) is 34.1 Å². The van der Waals surface area contributed by atoms with E-state index < -0.39 is 10.9 Å². The largest absolute Gasteiger partial charge is 0.491 e. The molecule has 1 saturated heterocycles. The molecule has 2 aliphatic rings. The van der Waals surface area contributed by atoms with Crippen LogP contribution in [0, 0.1) is 5.41 Å². The first-order chi connectivity index (χ1) is 23.9. The molecule has 3 aromatic carbocycles. The van der Waals surface area contributed by atoms with E-state index in [2.05, 4.69) is 56.2 Å². The van der Waals surface area contributed by atoms with Crippen molar-refractivity contribution >= 4 is 22.7 Å². The van der Waals surface area contributed by atoms with Crippen LogP contribution < -0.4 is 26.6 Å². The van der Waals surface area contributed by atoms with E-state index in [9.17, 15) is 9.59 Å². The van der Waals surface area contributed by atoms with Crippen molar-refractivity contribution in [2.24, 2.45) is 5.41 Å². The van der Waals surface area contributed by atoms with E-state index in [0.717, 1.165) is 79.0 Å². The SMILES string of the molecule is CC.COc1c(NC2CCC3(CC2)CN(Cc2ccc(-n4c(-c5cccnc5N)nc5ccc(-c6ccccc6)nc54)cc2)C3)c(=O)c1=O. The molecule has 10 nitrogen and oxygen atoms in total. The lowest BCUT2D eigenvalue weighted by molar-refractivity contribution is -0.0351. The second-order valence-corrected chi connectivity index (χ2v) is 12.9. The number of anilines is 2. The van der Waals surface area contributed by atoms with E-state index in [4.69, 9.17) is 20.4 Å². The standard InChI is InChI=1S/C37H35N7O3.C2H6/c1-47-33-30(31(45)32(33)46)40-25-15-17-37(18-16-25)21-43(22-37)20-23-9-11-26(12-10-23)44-35(27-8-5-19-39-34(27)38)42-29-14-13-28(41-36(29)44)24-6-3-2-4-7-24;1-2/h2-14,19,25,40H,15-18,20-22H2,1H3,(H2,38,39);1-2H3. The Kier molecular flexibility index (Phi) is 8.73. The number of ether oxygens (including phenoxy) is 1. The average molecular weight is 656 g/mol. The Bertz CT molecular complexity index is 2150. The zero-order chi connectivity index (χ0) is 34.1. The summed E-state index contributed by atoms with van der Waals surface area (Å²) < 4.78 is 7.16. The molecule has 10 heteroatoms. The number of methoxy groups -OCH3 is 1. The Morgan fingerprint density at radius 1 is 0.898 bits per heavy atom. The monoisotopic (exact) mass is 655 g/mol. The van der Waals surface area contributed by atoms with E-state index in [-0.39, 0.29) is 11.8 Å². The minimum absolute atomic E-state index is 0.169. The molecule has 4 heterocycles. The van der Waals surface area contributed by atoms with Gasteiger partial charge >= 0.3 is 0 Å².